The van der Waals surface area contributed by atoms with Crippen LogP contribution in [0.4, 0.5) is 0 Å². The summed E-state index contributed by atoms with van der Waals surface area (Å²) in [6, 6.07) is 7.39. The van der Waals surface area contributed by atoms with Crippen LogP contribution in [0.15, 0.2) is 34.2 Å². The largest absolute Gasteiger partial charge is 0.355 e. The third-order valence-corrected chi connectivity index (χ3v) is 7.14. The Morgan fingerprint density at radius 2 is 1.82 bits per heavy atom. The van der Waals surface area contributed by atoms with Crippen molar-refractivity contribution in [2.75, 3.05) is 0 Å². The SMILES string of the molecule is CC(=O)c1c(C)[nH]c(C(=O)C(C)Sc2nnc3n(CCC(C)C)c(=O)c4ccccc4n23)c1C. The van der Waals surface area contributed by atoms with Crippen LogP contribution >= 0.6 is 11.8 Å². The summed E-state index contributed by atoms with van der Waals surface area (Å²) >= 11 is 1.29. The van der Waals surface area contributed by atoms with Gasteiger partial charge < -0.3 is 4.98 Å². The molecule has 0 aliphatic rings. The maximum absolute atomic E-state index is 13.3. The van der Waals surface area contributed by atoms with Crippen LogP contribution in [0, 0.1) is 19.8 Å². The molecule has 34 heavy (non-hydrogen) atoms. The van der Waals surface area contributed by atoms with E-state index in [4.69, 9.17) is 0 Å². The summed E-state index contributed by atoms with van der Waals surface area (Å²) < 4.78 is 3.53. The van der Waals surface area contributed by atoms with Crippen LogP contribution in [0.5, 0.6) is 0 Å². The predicted octanol–water partition coefficient (Wildman–Crippen LogP) is 4.60. The number of aromatic nitrogens is 5. The summed E-state index contributed by atoms with van der Waals surface area (Å²) in [6.45, 7) is 11.7. The molecule has 0 saturated carbocycles. The lowest BCUT2D eigenvalue weighted by molar-refractivity contribution is 0.0988. The zero-order valence-electron chi connectivity index (χ0n) is 20.3. The number of benzene rings is 1. The molecule has 0 aliphatic carbocycles. The van der Waals surface area contributed by atoms with Crippen LogP contribution in [0.3, 0.4) is 0 Å². The maximum atomic E-state index is 13.3. The molecule has 0 fully saturated rings. The van der Waals surface area contributed by atoms with E-state index in [1.54, 1.807) is 24.5 Å². The normalized spacial score (nSPS) is 12.7. The number of aryl methyl sites for hydroxylation is 2. The van der Waals surface area contributed by atoms with E-state index in [0.717, 1.165) is 6.42 Å². The van der Waals surface area contributed by atoms with Gasteiger partial charge in [0, 0.05) is 17.8 Å². The van der Waals surface area contributed by atoms with E-state index < -0.39 is 5.25 Å². The topological polar surface area (TPSA) is 102 Å². The van der Waals surface area contributed by atoms with E-state index in [-0.39, 0.29) is 17.1 Å². The van der Waals surface area contributed by atoms with Crippen molar-refractivity contribution < 1.29 is 9.59 Å². The highest BCUT2D eigenvalue weighted by Crippen LogP contribution is 2.29. The smallest absolute Gasteiger partial charge is 0.262 e. The van der Waals surface area contributed by atoms with E-state index in [0.29, 0.717) is 56.8 Å². The van der Waals surface area contributed by atoms with Gasteiger partial charge in [0.2, 0.25) is 5.78 Å². The number of nitrogens with zero attached hydrogens (tertiary/aromatic N) is 4. The Morgan fingerprint density at radius 1 is 1.12 bits per heavy atom. The molecule has 0 spiro atoms. The summed E-state index contributed by atoms with van der Waals surface area (Å²) in [5.41, 5.74) is 2.98. The molecular formula is C25H29N5O3S. The molecule has 0 bridgehead atoms. The van der Waals surface area contributed by atoms with Gasteiger partial charge in [-0.2, -0.15) is 0 Å². The number of nitrogens with one attached hydrogen (secondary N) is 1. The molecule has 1 unspecified atom stereocenters. The number of aromatic amines is 1. The van der Waals surface area contributed by atoms with Crippen molar-refractivity contribution in [2.45, 2.75) is 64.9 Å². The first-order valence-corrected chi connectivity index (χ1v) is 12.3. The van der Waals surface area contributed by atoms with Gasteiger partial charge in [-0.1, -0.05) is 37.7 Å². The average Bonchev–Trinajstić information content (AvgIpc) is 3.33. The lowest BCUT2D eigenvalue weighted by Crippen LogP contribution is -2.24. The lowest BCUT2D eigenvalue weighted by Gasteiger charge is -2.13. The van der Waals surface area contributed by atoms with Crippen LogP contribution in [0.25, 0.3) is 16.7 Å². The van der Waals surface area contributed by atoms with Crippen LogP contribution in [-0.2, 0) is 6.54 Å². The Balaban J connectivity index is 1.77. The maximum Gasteiger partial charge on any atom is 0.262 e. The van der Waals surface area contributed by atoms with Crippen molar-refractivity contribution in [3.63, 3.8) is 0 Å². The van der Waals surface area contributed by atoms with Gasteiger partial charge in [-0.05, 0) is 57.7 Å². The molecule has 1 atom stereocenters. The first-order chi connectivity index (χ1) is 16.1. The van der Waals surface area contributed by atoms with Crippen molar-refractivity contribution in [1.29, 1.82) is 0 Å². The molecule has 0 saturated heterocycles. The monoisotopic (exact) mass is 479 g/mol. The van der Waals surface area contributed by atoms with Gasteiger partial charge in [0.25, 0.3) is 5.56 Å². The second-order valence-corrected chi connectivity index (χ2v) is 10.4. The van der Waals surface area contributed by atoms with Gasteiger partial charge >= 0.3 is 0 Å². The summed E-state index contributed by atoms with van der Waals surface area (Å²) in [5.74, 6) is 0.713. The highest BCUT2D eigenvalue weighted by atomic mass is 32.2. The Labute approximate surface area is 201 Å². The minimum atomic E-state index is -0.487. The highest BCUT2D eigenvalue weighted by Gasteiger charge is 2.26. The summed E-state index contributed by atoms with van der Waals surface area (Å²) in [7, 11) is 0. The molecule has 9 heteroatoms. The van der Waals surface area contributed by atoms with Crippen molar-refractivity contribution >= 4 is 40.0 Å². The van der Waals surface area contributed by atoms with Gasteiger partial charge in [0.1, 0.15) is 0 Å². The summed E-state index contributed by atoms with van der Waals surface area (Å²) in [5, 5.41) is 9.34. The fourth-order valence-electron chi connectivity index (χ4n) is 4.34. The molecule has 4 rings (SSSR count). The molecule has 1 N–H and O–H groups in total. The van der Waals surface area contributed by atoms with Crippen molar-refractivity contribution in [3.05, 3.63) is 57.1 Å². The first kappa shape index (κ1) is 23.9. The Hall–Kier alpha value is -3.20. The van der Waals surface area contributed by atoms with E-state index in [2.05, 4.69) is 29.0 Å². The molecule has 1 aromatic carbocycles. The molecule has 178 valence electrons. The van der Waals surface area contributed by atoms with E-state index >= 15 is 0 Å². The number of carbonyl (C=O) groups excluding carboxylic acids is 2. The Morgan fingerprint density at radius 3 is 2.47 bits per heavy atom. The molecular weight excluding hydrogens is 450 g/mol. The number of Topliss-reactive ketones (excluding diaryl/α,β-unsaturated/α-hetero) is 2. The van der Waals surface area contributed by atoms with E-state index in [9.17, 15) is 14.4 Å². The number of para-hydroxylation sites is 1. The predicted molar refractivity (Wildman–Crippen MR) is 134 cm³/mol. The molecule has 3 heterocycles. The molecule has 0 aliphatic heterocycles. The zero-order valence-corrected chi connectivity index (χ0v) is 21.1. The van der Waals surface area contributed by atoms with Crippen LogP contribution in [0.1, 0.15) is 66.2 Å². The lowest BCUT2D eigenvalue weighted by atomic mass is 10.0. The van der Waals surface area contributed by atoms with Gasteiger partial charge in [-0.25, -0.2) is 0 Å². The number of hydrogen-bond donors (Lipinski definition) is 1. The van der Waals surface area contributed by atoms with Crippen LogP contribution < -0.4 is 5.56 Å². The quantitative estimate of drug-likeness (QED) is 0.293. The van der Waals surface area contributed by atoms with Crippen molar-refractivity contribution in [2.24, 2.45) is 5.92 Å². The standard InChI is InChI=1S/C25H29N5O3S/c1-13(2)11-12-29-23(33)18-9-7-8-10-19(18)30-24(29)27-28-25(30)34-17(6)22(32)21-14(3)20(16(5)31)15(4)26-21/h7-10,13,17,26H,11-12H2,1-6H3. The van der Waals surface area contributed by atoms with E-state index in [1.807, 2.05) is 29.5 Å². The first-order valence-electron chi connectivity index (χ1n) is 11.4. The number of carbonyl (C=O) groups is 2. The van der Waals surface area contributed by atoms with Gasteiger partial charge in [0.05, 0.1) is 21.8 Å². The Kier molecular flexibility index (Phi) is 6.49. The fraction of sp³-hybridized carbons (Fsp3) is 0.400. The molecule has 0 radical (unpaired) electrons. The van der Waals surface area contributed by atoms with E-state index in [1.165, 1.54) is 18.7 Å². The average molecular weight is 480 g/mol. The summed E-state index contributed by atoms with van der Waals surface area (Å²) in [4.78, 5) is 41.6. The van der Waals surface area contributed by atoms with Crippen LogP contribution in [0.2, 0.25) is 0 Å². The number of thioether (sulfide) groups is 1. The van der Waals surface area contributed by atoms with Gasteiger partial charge in [-0.15, -0.1) is 10.2 Å². The number of ketones is 2. The Bertz CT molecular complexity index is 1480. The van der Waals surface area contributed by atoms with Crippen molar-refractivity contribution in [1.82, 2.24) is 24.1 Å². The summed E-state index contributed by atoms with van der Waals surface area (Å²) in [6.07, 6.45) is 0.835. The molecule has 4 aromatic rings. The second kappa shape index (κ2) is 9.21. The number of fused-ring (bicyclic) bond motifs is 3. The molecule has 8 nitrogen and oxygen atoms in total. The van der Waals surface area contributed by atoms with Gasteiger partial charge in [0.15, 0.2) is 16.7 Å². The third kappa shape index (κ3) is 4.09. The molecule has 0 amide bonds. The number of rotatable bonds is 8. The minimum Gasteiger partial charge on any atom is -0.355 e. The van der Waals surface area contributed by atoms with Gasteiger partial charge in [-0.3, -0.25) is 23.4 Å². The zero-order chi connectivity index (χ0) is 24.7. The second-order valence-electron chi connectivity index (χ2n) is 9.08. The molecule has 3 aromatic heterocycles. The fourth-order valence-corrected chi connectivity index (χ4v) is 5.25. The minimum absolute atomic E-state index is 0.0695. The highest BCUT2D eigenvalue weighted by molar-refractivity contribution is 8.00. The number of hydrogen-bond acceptors (Lipinski definition) is 6. The van der Waals surface area contributed by atoms with Crippen molar-refractivity contribution in [3.8, 4) is 0 Å². The number of H-pyrrole nitrogens is 1. The third-order valence-electron chi connectivity index (χ3n) is 6.10. The van der Waals surface area contributed by atoms with Crippen LogP contribution in [-0.4, -0.2) is 41.0 Å².